The molecule has 1 aromatic heterocycles. The highest BCUT2D eigenvalue weighted by Crippen LogP contribution is 2.49. The number of ketones is 1. The summed E-state index contributed by atoms with van der Waals surface area (Å²) in [5.74, 6) is 1.01. The Morgan fingerprint density at radius 2 is 1.39 bits per heavy atom. The Kier molecular flexibility index (Phi) is 7.76. The van der Waals surface area contributed by atoms with E-state index in [9.17, 15) is 9.90 Å². The second-order valence-corrected chi connectivity index (χ2v) is 13.9. The fourth-order valence-electron chi connectivity index (χ4n) is 4.53. The molecular weight excluding hydrogens is 548 g/mol. The van der Waals surface area contributed by atoms with Gasteiger partial charge in [0.2, 0.25) is 5.78 Å². The minimum atomic E-state index is -0.189. The molecule has 1 aliphatic heterocycles. The monoisotopic (exact) mass is 581 g/mol. The van der Waals surface area contributed by atoms with Crippen molar-refractivity contribution < 1.29 is 14.3 Å². The van der Waals surface area contributed by atoms with Gasteiger partial charge in [0, 0.05) is 0 Å². The van der Waals surface area contributed by atoms with Crippen LogP contribution >= 0.6 is 23.4 Å². The first-order valence-electron chi connectivity index (χ1n) is 13.6. The predicted molar refractivity (Wildman–Crippen MR) is 172 cm³/mol. The maximum Gasteiger partial charge on any atom is 0.362 e. The van der Waals surface area contributed by atoms with Crippen LogP contribution in [-0.2, 0) is 4.79 Å². The lowest BCUT2D eigenvalue weighted by molar-refractivity contribution is -0.113. The van der Waals surface area contributed by atoms with Gasteiger partial charge < -0.3 is 5.11 Å². The van der Waals surface area contributed by atoms with E-state index in [-0.39, 0.29) is 27.9 Å². The fraction of sp³-hybridized carbons (Fsp3) is 0.222. The summed E-state index contributed by atoms with van der Waals surface area (Å²) in [6.45, 7) is 13.1. The first kappa shape index (κ1) is 28.9. The van der Waals surface area contributed by atoms with Crippen LogP contribution in [0, 0.1) is 10.8 Å². The third-order valence-corrected chi connectivity index (χ3v) is 9.16. The first-order valence-corrected chi connectivity index (χ1v) is 14.8. The zero-order chi connectivity index (χ0) is 29.5. The molecule has 0 spiro atoms. The van der Waals surface area contributed by atoms with Crippen LogP contribution in [0.3, 0.4) is 0 Å². The Bertz CT molecular complexity index is 1660. The van der Waals surface area contributed by atoms with Crippen LogP contribution in [0.2, 0.25) is 5.02 Å². The summed E-state index contributed by atoms with van der Waals surface area (Å²) < 4.78 is 6.26. The standard InChI is InChI=1S/C36H33ClO3S/c1-35(2,3)31-20-23(21-32(41-31)36(4,5)6)17-27-33(38)26(34(27)39)16-22-18-29(24-12-8-7-9-13-24)40-30(19-22)25-14-10-11-15-28(25)37/h7-21H,1-6H3/p+1. The minimum Gasteiger partial charge on any atom is -0.506 e. The van der Waals surface area contributed by atoms with Crippen LogP contribution in [0.4, 0.5) is 0 Å². The van der Waals surface area contributed by atoms with Gasteiger partial charge in [-0.3, -0.25) is 4.79 Å². The molecule has 2 aromatic carbocycles. The van der Waals surface area contributed by atoms with Gasteiger partial charge in [-0.15, -0.1) is 0 Å². The molecule has 0 bridgehead atoms. The molecule has 0 atom stereocenters. The van der Waals surface area contributed by atoms with Crippen molar-refractivity contribution in [2.24, 2.45) is 10.8 Å². The normalized spacial score (nSPS) is 16.9. The quantitative estimate of drug-likeness (QED) is 0.246. The van der Waals surface area contributed by atoms with Crippen molar-refractivity contribution in [2.75, 3.05) is 0 Å². The van der Waals surface area contributed by atoms with Crippen LogP contribution in [-0.4, -0.2) is 10.9 Å². The van der Waals surface area contributed by atoms with E-state index in [0.717, 1.165) is 22.3 Å². The van der Waals surface area contributed by atoms with Crippen molar-refractivity contribution in [3.63, 3.8) is 0 Å². The van der Waals surface area contributed by atoms with Gasteiger partial charge in [-0.05, 0) is 80.3 Å². The second kappa shape index (κ2) is 11.0. The lowest BCUT2D eigenvalue weighted by Gasteiger charge is -2.32. The number of aliphatic hydroxyl groups excluding tert-OH is 1. The van der Waals surface area contributed by atoms with Gasteiger partial charge in [-0.25, -0.2) is 4.42 Å². The maximum absolute atomic E-state index is 13.3. The van der Waals surface area contributed by atoms with E-state index < -0.39 is 0 Å². The van der Waals surface area contributed by atoms with E-state index in [2.05, 4.69) is 53.7 Å². The molecule has 0 saturated carbocycles. The highest BCUT2D eigenvalue weighted by molar-refractivity contribution is 8.06. The van der Waals surface area contributed by atoms with E-state index in [4.69, 9.17) is 16.0 Å². The van der Waals surface area contributed by atoms with Gasteiger partial charge in [0.15, 0.2) is 0 Å². The lowest BCUT2D eigenvalue weighted by atomic mass is 9.84. The minimum absolute atomic E-state index is 0.00140. The van der Waals surface area contributed by atoms with Crippen molar-refractivity contribution in [1.82, 2.24) is 0 Å². The number of hydrogen-bond donors (Lipinski definition) is 1. The van der Waals surface area contributed by atoms with E-state index in [0.29, 0.717) is 22.1 Å². The number of carbonyl (C=O) groups excluding carboxylic acids is 1. The molecule has 208 valence electrons. The molecule has 5 rings (SSSR count). The van der Waals surface area contributed by atoms with Crippen LogP contribution in [0.25, 0.3) is 28.7 Å². The zero-order valence-corrected chi connectivity index (χ0v) is 25.8. The van der Waals surface area contributed by atoms with Crippen LogP contribution < -0.4 is 0 Å². The molecule has 41 heavy (non-hydrogen) atoms. The third-order valence-electron chi connectivity index (χ3n) is 6.93. The van der Waals surface area contributed by atoms with Crippen molar-refractivity contribution in [1.29, 1.82) is 0 Å². The van der Waals surface area contributed by atoms with E-state index in [1.54, 1.807) is 23.9 Å². The van der Waals surface area contributed by atoms with Gasteiger partial charge in [0.05, 0.1) is 39.4 Å². The van der Waals surface area contributed by atoms with Gasteiger partial charge in [0.1, 0.15) is 5.76 Å². The second-order valence-electron chi connectivity index (χ2n) is 12.4. The molecule has 3 aromatic rings. The summed E-state index contributed by atoms with van der Waals surface area (Å²) in [6, 6.07) is 20.9. The largest absolute Gasteiger partial charge is 0.506 e. The van der Waals surface area contributed by atoms with Gasteiger partial charge in [0.25, 0.3) is 0 Å². The number of thioether (sulfide) groups is 1. The Morgan fingerprint density at radius 3 is 1.98 bits per heavy atom. The van der Waals surface area contributed by atoms with Gasteiger partial charge in [-0.2, -0.15) is 0 Å². The smallest absolute Gasteiger partial charge is 0.362 e. The lowest BCUT2D eigenvalue weighted by Crippen LogP contribution is -2.21. The number of rotatable bonds is 4. The van der Waals surface area contributed by atoms with Gasteiger partial charge >= 0.3 is 11.5 Å². The average Bonchev–Trinajstić information content (AvgIpc) is 2.94. The molecular formula is C36H34ClO3S+. The topological polar surface area (TPSA) is 48.6 Å². The summed E-state index contributed by atoms with van der Waals surface area (Å²) in [7, 11) is 0. The maximum atomic E-state index is 13.3. The number of benzene rings is 2. The summed E-state index contributed by atoms with van der Waals surface area (Å²) in [5, 5.41) is 11.6. The number of carbonyl (C=O) groups is 1. The molecule has 2 aliphatic rings. The van der Waals surface area contributed by atoms with Gasteiger partial charge in [-0.1, -0.05) is 95.2 Å². The van der Waals surface area contributed by atoms with E-state index >= 15 is 0 Å². The Balaban J connectivity index is 1.57. The molecule has 0 fully saturated rings. The Hall–Kier alpha value is -3.60. The zero-order valence-electron chi connectivity index (χ0n) is 24.2. The summed E-state index contributed by atoms with van der Waals surface area (Å²) in [6.07, 6.45) is 7.76. The number of allylic oxidation sites excluding steroid dienone is 8. The molecule has 0 radical (unpaired) electrons. The molecule has 1 N–H and O–H groups in total. The average molecular weight is 582 g/mol. The molecule has 5 heteroatoms. The number of hydrogen-bond acceptors (Lipinski definition) is 3. The summed E-state index contributed by atoms with van der Waals surface area (Å²) >= 11 is 8.29. The molecule has 2 heterocycles. The molecule has 0 unspecified atom stereocenters. The van der Waals surface area contributed by atoms with Crippen LogP contribution in [0.1, 0.15) is 47.1 Å². The van der Waals surface area contributed by atoms with Crippen LogP contribution in [0.15, 0.2) is 122 Å². The summed E-state index contributed by atoms with van der Waals surface area (Å²) in [5.41, 5.74) is 3.81. The van der Waals surface area contributed by atoms with E-state index in [1.165, 1.54) is 9.81 Å². The highest BCUT2D eigenvalue weighted by atomic mass is 35.5. The molecule has 0 amide bonds. The Morgan fingerprint density at radius 1 is 0.805 bits per heavy atom. The van der Waals surface area contributed by atoms with Crippen LogP contribution in [0.5, 0.6) is 0 Å². The van der Waals surface area contributed by atoms with Crippen molar-refractivity contribution in [3.8, 4) is 22.6 Å². The third kappa shape index (κ3) is 6.19. The summed E-state index contributed by atoms with van der Waals surface area (Å²) in [4.78, 5) is 15.8. The highest BCUT2D eigenvalue weighted by Gasteiger charge is 2.34. The number of halogens is 1. The van der Waals surface area contributed by atoms with Crippen molar-refractivity contribution >= 4 is 35.2 Å². The first-order chi connectivity index (χ1) is 19.3. The predicted octanol–water partition coefficient (Wildman–Crippen LogP) is 10.9. The fourth-order valence-corrected chi connectivity index (χ4v) is 6.00. The Labute approximate surface area is 251 Å². The van der Waals surface area contributed by atoms with Crippen molar-refractivity contribution in [2.45, 2.75) is 41.5 Å². The molecule has 1 aliphatic carbocycles. The SMILES string of the molecule is CC(C)(C)C1=CC(=CC2=C(O)C(=Cc3cc(-c4ccccc4)[o+]c(-c4ccccc4Cl)c3)C2=O)C=C(C(C)(C)C)S1. The number of aliphatic hydroxyl groups is 1. The van der Waals surface area contributed by atoms with E-state index in [1.807, 2.05) is 66.7 Å². The molecule has 3 nitrogen and oxygen atoms in total. The molecule has 0 saturated heterocycles. The van der Waals surface area contributed by atoms with Crippen molar-refractivity contribution in [3.05, 3.63) is 128 Å². The number of Topliss-reactive ketones (excluding diaryl/α,β-unsaturated/α-hetero) is 1.